The van der Waals surface area contributed by atoms with Gasteiger partial charge in [0.1, 0.15) is 0 Å². The fourth-order valence-electron chi connectivity index (χ4n) is 3.87. The van der Waals surface area contributed by atoms with Crippen LogP contribution in [0.3, 0.4) is 0 Å². The zero-order valence-corrected chi connectivity index (χ0v) is 17.1. The van der Waals surface area contributed by atoms with E-state index in [0.717, 1.165) is 59.3 Å². The molecule has 2 saturated heterocycles. The fraction of sp³-hybridized carbons (Fsp3) is 0.476. The minimum Gasteiger partial charge on any atom is -0.337 e. The minimum absolute atomic E-state index is 0.0858. The molecule has 4 nitrogen and oxygen atoms in total. The number of rotatable bonds is 5. The number of amides is 1. The minimum atomic E-state index is 0.0858. The van der Waals surface area contributed by atoms with Crippen LogP contribution in [0.4, 0.5) is 0 Å². The number of benzene rings is 1. The standard InChI is InChI=1S/C21H26ClN3OS/c22-21-17-5-1-2-6-18(17)27-19(21)7-8-20(26)25-15-13-24(14-16-25)12-11-23-9-3-4-10-23/h1-2,5-8H,3-4,9-16H2. The highest BCUT2D eigenvalue weighted by atomic mass is 35.5. The summed E-state index contributed by atoms with van der Waals surface area (Å²) in [6.07, 6.45) is 6.24. The van der Waals surface area contributed by atoms with Crippen LogP contribution in [-0.4, -0.2) is 73.0 Å². The maximum Gasteiger partial charge on any atom is 0.246 e. The van der Waals surface area contributed by atoms with Crippen LogP contribution in [-0.2, 0) is 4.79 Å². The van der Waals surface area contributed by atoms with Crippen molar-refractivity contribution < 1.29 is 4.79 Å². The summed E-state index contributed by atoms with van der Waals surface area (Å²) in [5, 5.41) is 1.80. The molecule has 2 aliphatic heterocycles. The zero-order chi connectivity index (χ0) is 18.6. The molecule has 3 heterocycles. The molecule has 2 fully saturated rings. The summed E-state index contributed by atoms with van der Waals surface area (Å²) < 4.78 is 1.15. The van der Waals surface area contributed by atoms with Crippen molar-refractivity contribution >= 4 is 45.0 Å². The highest BCUT2D eigenvalue weighted by Crippen LogP contribution is 2.35. The normalized spacial score (nSPS) is 19.5. The SMILES string of the molecule is O=C(C=Cc1sc2ccccc2c1Cl)N1CCN(CCN2CCCC2)CC1. The number of carbonyl (C=O) groups excluding carboxylic acids is 1. The molecule has 144 valence electrons. The molecular formula is C21H26ClN3OS. The number of likely N-dealkylation sites (tertiary alicyclic amines) is 1. The smallest absolute Gasteiger partial charge is 0.246 e. The van der Waals surface area contributed by atoms with Crippen molar-refractivity contribution in [2.45, 2.75) is 12.8 Å². The Morgan fingerprint density at radius 2 is 1.67 bits per heavy atom. The van der Waals surface area contributed by atoms with Crippen LogP contribution in [0.25, 0.3) is 16.2 Å². The molecule has 1 aromatic heterocycles. The van der Waals surface area contributed by atoms with Gasteiger partial charge in [-0.2, -0.15) is 0 Å². The van der Waals surface area contributed by atoms with Gasteiger partial charge >= 0.3 is 0 Å². The molecule has 0 bridgehead atoms. The molecule has 0 saturated carbocycles. The molecule has 0 unspecified atom stereocenters. The number of thiophene rings is 1. The molecule has 2 aliphatic rings. The van der Waals surface area contributed by atoms with Gasteiger partial charge < -0.3 is 9.80 Å². The second kappa shape index (κ2) is 8.74. The van der Waals surface area contributed by atoms with Crippen LogP contribution in [0, 0.1) is 0 Å². The molecule has 4 rings (SSSR count). The van der Waals surface area contributed by atoms with Crippen molar-refractivity contribution in [2.75, 3.05) is 52.4 Å². The summed E-state index contributed by atoms with van der Waals surface area (Å²) in [4.78, 5) is 20.5. The Kier molecular flexibility index (Phi) is 6.13. The number of nitrogens with zero attached hydrogens (tertiary/aromatic N) is 3. The Labute approximate surface area is 170 Å². The summed E-state index contributed by atoms with van der Waals surface area (Å²) >= 11 is 8.09. The van der Waals surface area contributed by atoms with Gasteiger partial charge in [-0.05, 0) is 38.1 Å². The van der Waals surface area contributed by atoms with Crippen molar-refractivity contribution in [3.8, 4) is 0 Å². The molecule has 27 heavy (non-hydrogen) atoms. The monoisotopic (exact) mass is 403 g/mol. The molecule has 1 amide bonds. The van der Waals surface area contributed by atoms with Gasteiger partial charge in [-0.15, -0.1) is 11.3 Å². The Bertz CT molecular complexity index is 820. The van der Waals surface area contributed by atoms with Crippen LogP contribution in [0.5, 0.6) is 0 Å². The lowest BCUT2D eigenvalue weighted by Gasteiger charge is -2.35. The van der Waals surface area contributed by atoms with E-state index in [-0.39, 0.29) is 5.91 Å². The van der Waals surface area contributed by atoms with Gasteiger partial charge in [0.2, 0.25) is 5.91 Å². The van der Waals surface area contributed by atoms with E-state index in [1.165, 1.54) is 25.9 Å². The first-order valence-electron chi connectivity index (χ1n) is 9.79. The van der Waals surface area contributed by atoms with E-state index < -0.39 is 0 Å². The van der Waals surface area contributed by atoms with Crippen molar-refractivity contribution in [3.05, 3.63) is 40.2 Å². The fourth-order valence-corrected chi connectivity index (χ4v) is 5.27. The summed E-state index contributed by atoms with van der Waals surface area (Å²) in [6, 6.07) is 8.08. The molecule has 1 aromatic carbocycles. The maximum atomic E-state index is 12.5. The lowest BCUT2D eigenvalue weighted by Crippen LogP contribution is -2.49. The van der Waals surface area contributed by atoms with E-state index in [0.29, 0.717) is 0 Å². The average molecular weight is 404 g/mol. The quantitative estimate of drug-likeness (QED) is 0.710. The Morgan fingerprint density at radius 1 is 1.00 bits per heavy atom. The molecule has 0 atom stereocenters. The van der Waals surface area contributed by atoms with Crippen LogP contribution in [0.15, 0.2) is 30.3 Å². The van der Waals surface area contributed by atoms with E-state index in [9.17, 15) is 4.79 Å². The van der Waals surface area contributed by atoms with E-state index >= 15 is 0 Å². The summed E-state index contributed by atoms with van der Waals surface area (Å²) in [5.41, 5.74) is 0. The molecule has 0 spiro atoms. The molecule has 0 N–H and O–H groups in total. The number of piperazine rings is 1. The lowest BCUT2D eigenvalue weighted by molar-refractivity contribution is -0.127. The number of fused-ring (bicyclic) bond motifs is 1. The molecule has 0 aliphatic carbocycles. The number of halogens is 1. The first-order chi connectivity index (χ1) is 13.2. The predicted octanol–water partition coefficient (Wildman–Crippen LogP) is 3.81. The summed E-state index contributed by atoms with van der Waals surface area (Å²) in [5.74, 6) is 0.0858. The van der Waals surface area contributed by atoms with Gasteiger partial charge in [0.15, 0.2) is 0 Å². The zero-order valence-electron chi connectivity index (χ0n) is 15.6. The predicted molar refractivity (Wildman–Crippen MR) is 115 cm³/mol. The summed E-state index contributed by atoms with van der Waals surface area (Å²) in [6.45, 7) is 8.35. The third-order valence-corrected chi connectivity index (χ3v) is 7.21. The van der Waals surface area contributed by atoms with Crippen molar-refractivity contribution in [3.63, 3.8) is 0 Å². The third-order valence-electron chi connectivity index (χ3n) is 5.55. The largest absolute Gasteiger partial charge is 0.337 e. The highest BCUT2D eigenvalue weighted by Gasteiger charge is 2.20. The van der Waals surface area contributed by atoms with Crippen LogP contribution < -0.4 is 0 Å². The molecule has 6 heteroatoms. The van der Waals surface area contributed by atoms with Crippen molar-refractivity contribution in [1.82, 2.24) is 14.7 Å². The Morgan fingerprint density at radius 3 is 2.37 bits per heavy atom. The van der Waals surface area contributed by atoms with Gasteiger partial charge in [-0.25, -0.2) is 0 Å². The summed E-state index contributed by atoms with van der Waals surface area (Å²) in [7, 11) is 0. The van der Waals surface area contributed by atoms with Gasteiger partial charge in [-0.1, -0.05) is 29.8 Å². The topological polar surface area (TPSA) is 26.8 Å². The molecular weight excluding hydrogens is 378 g/mol. The van der Waals surface area contributed by atoms with E-state index in [1.54, 1.807) is 17.4 Å². The average Bonchev–Trinajstić information content (AvgIpc) is 3.33. The van der Waals surface area contributed by atoms with E-state index in [1.807, 2.05) is 29.2 Å². The third kappa shape index (κ3) is 4.54. The van der Waals surface area contributed by atoms with Crippen molar-refractivity contribution in [2.24, 2.45) is 0 Å². The van der Waals surface area contributed by atoms with Gasteiger partial charge in [0, 0.05) is 60.3 Å². The number of hydrogen-bond acceptors (Lipinski definition) is 4. The van der Waals surface area contributed by atoms with Crippen LogP contribution >= 0.6 is 22.9 Å². The molecule has 2 aromatic rings. The second-order valence-corrected chi connectivity index (χ2v) is 8.79. The maximum absolute atomic E-state index is 12.5. The Balaban J connectivity index is 1.28. The van der Waals surface area contributed by atoms with Gasteiger partial charge in [-0.3, -0.25) is 9.69 Å². The first kappa shape index (κ1) is 18.9. The van der Waals surface area contributed by atoms with Crippen LogP contribution in [0.1, 0.15) is 17.7 Å². The van der Waals surface area contributed by atoms with Crippen molar-refractivity contribution in [1.29, 1.82) is 0 Å². The van der Waals surface area contributed by atoms with E-state index in [4.69, 9.17) is 11.6 Å². The molecule has 0 radical (unpaired) electrons. The lowest BCUT2D eigenvalue weighted by atomic mass is 10.2. The second-order valence-electron chi connectivity index (χ2n) is 7.33. The highest BCUT2D eigenvalue weighted by molar-refractivity contribution is 7.20. The number of hydrogen-bond donors (Lipinski definition) is 0. The van der Waals surface area contributed by atoms with Gasteiger partial charge in [0.05, 0.1) is 5.02 Å². The van der Waals surface area contributed by atoms with Crippen LogP contribution in [0.2, 0.25) is 5.02 Å². The van der Waals surface area contributed by atoms with E-state index in [2.05, 4.69) is 15.9 Å². The first-order valence-corrected chi connectivity index (χ1v) is 11.0. The number of carbonyl (C=O) groups is 1. The van der Waals surface area contributed by atoms with Gasteiger partial charge in [0.25, 0.3) is 0 Å². The Hall–Kier alpha value is -1.40.